The maximum atomic E-state index is 5.44. The topological polar surface area (TPSA) is 77.0 Å². The van der Waals surface area contributed by atoms with Gasteiger partial charge in [-0.1, -0.05) is 0 Å². The Morgan fingerprint density at radius 1 is 1.26 bits per heavy atom. The minimum Gasteiger partial charge on any atom is -0.454 e. The number of nitrogens with one attached hydrogen (secondary N) is 2. The van der Waals surface area contributed by atoms with Crippen LogP contribution >= 0.6 is 0 Å². The smallest absolute Gasteiger partial charge is 0.231 e. The van der Waals surface area contributed by atoms with Crippen molar-refractivity contribution in [3.05, 3.63) is 48.4 Å². The van der Waals surface area contributed by atoms with Gasteiger partial charge in [-0.3, -0.25) is 9.78 Å². The standard InChI is InChI=1S/C16H17N5O2/c1-4-19-21(6-1)7-5-17-9-13-10-18-20-16(13)12-2-3-14-15(8-12)23-11-22-14/h1-4,6,8,10,17H,5,7,9,11H2,(H,18,20). The molecule has 0 radical (unpaired) electrons. The van der Waals surface area contributed by atoms with Gasteiger partial charge in [-0.05, 0) is 24.3 Å². The summed E-state index contributed by atoms with van der Waals surface area (Å²) in [4.78, 5) is 0. The quantitative estimate of drug-likeness (QED) is 0.679. The lowest BCUT2D eigenvalue weighted by Crippen LogP contribution is -2.19. The molecule has 4 rings (SSSR count). The SMILES string of the molecule is c1cnn(CCNCc2cn[nH]c2-c2ccc3c(c2)OCO3)c1. The van der Waals surface area contributed by atoms with E-state index in [1.165, 1.54) is 0 Å². The number of hydrogen-bond acceptors (Lipinski definition) is 5. The summed E-state index contributed by atoms with van der Waals surface area (Å²) in [6.07, 6.45) is 5.59. The molecule has 1 aliphatic heterocycles. The first-order valence-corrected chi connectivity index (χ1v) is 7.50. The maximum absolute atomic E-state index is 5.44. The number of nitrogens with zero attached hydrogens (tertiary/aromatic N) is 3. The van der Waals surface area contributed by atoms with Crippen LogP contribution in [0.25, 0.3) is 11.3 Å². The molecule has 0 saturated carbocycles. The van der Waals surface area contributed by atoms with E-state index in [1.807, 2.05) is 41.3 Å². The van der Waals surface area contributed by atoms with Crippen LogP contribution in [0, 0.1) is 0 Å². The molecule has 23 heavy (non-hydrogen) atoms. The van der Waals surface area contributed by atoms with Crippen molar-refractivity contribution in [1.29, 1.82) is 0 Å². The molecule has 0 unspecified atom stereocenters. The third-order valence-corrected chi connectivity index (χ3v) is 3.77. The molecule has 2 aromatic heterocycles. The van der Waals surface area contributed by atoms with Gasteiger partial charge >= 0.3 is 0 Å². The summed E-state index contributed by atoms with van der Waals surface area (Å²) < 4.78 is 12.7. The number of ether oxygens (including phenoxy) is 2. The summed E-state index contributed by atoms with van der Waals surface area (Å²) in [6, 6.07) is 7.83. The molecule has 0 bridgehead atoms. The minimum atomic E-state index is 0.281. The second-order valence-corrected chi connectivity index (χ2v) is 5.28. The summed E-state index contributed by atoms with van der Waals surface area (Å²) in [6.45, 7) is 2.70. The lowest BCUT2D eigenvalue weighted by atomic mass is 10.1. The molecule has 0 aliphatic carbocycles. The number of fused-ring (bicyclic) bond motifs is 1. The van der Waals surface area contributed by atoms with Gasteiger partial charge in [-0.15, -0.1) is 0 Å². The van der Waals surface area contributed by atoms with Crippen LogP contribution < -0.4 is 14.8 Å². The Hall–Kier alpha value is -2.80. The molecule has 2 N–H and O–H groups in total. The van der Waals surface area contributed by atoms with Gasteiger partial charge in [0.2, 0.25) is 6.79 Å². The van der Waals surface area contributed by atoms with Gasteiger partial charge < -0.3 is 14.8 Å². The van der Waals surface area contributed by atoms with Gasteiger partial charge in [0.15, 0.2) is 11.5 Å². The summed E-state index contributed by atoms with van der Waals surface area (Å²) in [7, 11) is 0. The first-order valence-electron chi connectivity index (χ1n) is 7.50. The number of aromatic nitrogens is 4. The molecule has 0 amide bonds. The summed E-state index contributed by atoms with van der Waals surface area (Å²) in [5, 5.41) is 14.8. The fourth-order valence-corrected chi connectivity index (χ4v) is 2.60. The Morgan fingerprint density at radius 3 is 3.13 bits per heavy atom. The number of aromatic amines is 1. The average Bonchev–Trinajstić information content (AvgIpc) is 3.31. The normalized spacial score (nSPS) is 12.7. The first kappa shape index (κ1) is 13.8. The largest absolute Gasteiger partial charge is 0.454 e. The van der Waals surface area contributed by atoms with Gasteiger partial charge in [0.25, 0.3) is 0 Å². The van der Waals surface area contributed by atoms with Crippen molar-refractivity contribution >= 4 is 0 Å². The Bertz CT molecular complexity index is 782. The van der Waals surface area contributed by atoms with E-state index < -0.39 is 0 Å². The minimum absolute atomic E-state index is 0.281. The Morgan fingerprint density at radius 2 is 2.22 bits per heavy atom. The van der Waals surface area contributed by atoms with E-state index in [9.17, 15) is 0 Å². The molecule has 7 nitrogen and oxygen atoms in total. The highest BCUT2D eigenvalue weighted by atomic mass is 16.7. The van der Waals surface area contributed by atoms with Gasteiger partial charge in [0, 0.05) is 36.6 Å². The first-order chi connectivity index (χ1) is 11.4. The second-order valence-electron chi connectivity index (χ2n) is 5.28. The average molecular weight is 311 g/mol. The maximum Gasteiger partial charge on any atom is 0.231 e. The van der Waals surface area contributed by atoms with Crippen molar-refractivity contribution in [1.82, 2.24) is 25.3 Å². The Labute approximate surface area is 133 Å². The molecule has 0 spiro atoms. The van der Waals surface area contributed by atoms with Gasteiger partial charge in [0.1, 0.15) is 0 Å². The lowest BCUT2D eigenvalue weighted by Gasteiger charge is -2.07. The zero-order chi connectivity index (χ0) is 15.5. The molecule has 7 heteroatoms. The van der Waals surface area contributed by atoms with Crippen molar-refractivity contribution in [2.75, 3.05) is 13.3 Å². The van der Waals surface area contributed by atoms with Crippen molar-refractivity contribution in [2.24, 2.45) is 0 Å². The highest BCUT2D eigenvalue weighted by molar-refractivity contribution is 5.66. The number of rotatable bonds is 6. The Kier molecular flexibility index (Phi) is 3.69. The van der Waals surface area contributed by atoms with E-state index in [0.29, 0.717) is 0 Å². The van der Waals surface area contributed by atoms with Crippen LogP contribution in [-0.2, 0) is 13.1 Å². The lowest BCUT2D eigenvalue weighted by molar-refractivity contribution is 0.174. The van der Waals surface area contributed by atoms with E-state index in [0.717, 1.165) is 48.0 Å². The predicted molar refractivity (Wildman–Crippen MR) is 84.1 cm³/mol. The summed E-state index contributed by atoms with van der Waals surface area (Å²) >= 11 is 0. The van der Waals surface area contributed by atoms with E-state index >= 15 is 0 Å². The number of H-pyrrole nitrogens is 1. The van der Waals surface area contributed by atoms with Crippen molar-refractivity contribution in [3.8, 4) is 22.8 Å². The van der Waals surface area contributed by atoms with E-state index in [-0.39, 0.29) is 6.79 Å². The zero-order valence-electron chi connectivity index (χ0n) is 12.5. The molecule has 3 aromatic rings. The van der Waals surface area contributed by atoms with Crippen LogP contribution in [0.3, 0.4) is 0 Å². The molecule has 3 heterocycles. The van der Waals surface area contributed by atoms with E-state index in [4.69, 9.17) is 9.47 Å². The van der Waals surface area contributed by atoms with Crippen LogP contribution in [0.2, 0.25) is 0 Å². The van der Waals surface area contributed by atoms with Crippen LogP contribution in [0.1, 0.15) is 5.56 Å². The van der Waals surface area contributed by atoms with Crippen molar-refractivity contribution in [2.45, 2.75) is 13.1 Å². The monoisotopic (exact) mass is 311 g/mol. The molecule has 1 aromatic carbocycles. The molecule has 118 valence electrons. The highest BCUT2D eigenvalue weighted by Gasteiger charge is 2.16. The third-order valence-electron chi connectivity index (χ3n) is 3.77. The molecule has 0 fully saturated rings. The third kappa shape index (κ3) is 2.91. The van der Waals surface area contributed by atoms with Crippen molar-refractivity contribution in [3.63, 3.8) is 0 Å². The van der Waals surface area contributed by atoms with Crippen molar-refractivity contribution < 1.29 is 9.47 Å². The van der Waals surface area contributed by atoms with E-state index in [1.54, 1.807) is 6.20 Å². The fraction of sp³-hybridized carbons (Fsp3) is 0.250. The van der Waals surface area contributed by atoms with Crippen LogP contribution in [0.15, 0.2) is 42.9 Å². The van der Waals surface area contributed by atoms with Crippen LogP contribution in [0.5, 0.6) is 11.5 Å². The molecule has 1 aliphatic rings. The predicted octanol–water partition coefficient (Wildman–Crippen LogP) is 1.79. The molecule has 0 atom stereocenters. The number of benzene rings is 1. The van der Waals surface area contributed by atoms with Gasteiger partial charge in [-0.2, -0.15) is 10.2 Å². The fourth-order valence-electron chi connectivity index (χ4n) is 2.60. The number of hydrogen-bond donors (Lipinski definition) is 2. The zero-order valence-corrected chi connectivity index (χ0v) is 12.5. The summed E-state index contributed by atoms with van der Waals surface area (Å²) in [5.74, 6) is 1.56. The van der Waals surface area contributed by atoms with Gasteiger partial charge in [-0.25, -0.2) is 0 Å². The molecule has 0 saturated heterocycles. The van der Waals surface area contributed by atoms with Gasteiger partial charge in [0.05, 0.1) is 18.4 Å². The van der Waals surface area contributed by atoms with E-state index in [2.05, 4.69) is 20.6 Å². The second kappa shape index (κ2) is 6.13. The molecular weight excluding hydrogens is 294 g/mol. The summed E-state index contributed by atoms with van der Waals surface area (Å²) in [5.41, 5.74) is 3.15. The Balaban J connectivity index is 1.42. The molecular formula is C16H17N5O2. The van der Waals surface area contributed by atoms with Crippen LogP contribution in [-0.4, -0.2) is 33.3 Å². The highest BCUT2D eigenvalue weighted by Crippen LogP contribution is 2.36. The van der Waals surface area contributed by atoms with Crippen LogP contribution in [0.4, 0.5) is 0 Å².